The zero-order valence-electron chi connectivity index (χ0n) is 18.1. The molecular formula is C25H33N3OS. The van der Waals surface area contributed by atoms with Crippen LogP contribution in [0.3, 0.4) is 0 Å². The Bertz CT molecular complexity index is 876. The second-order valence-corrected chi connectivity index (χ2v) is 9.55. The first-order valence-electron chi connectivity index (χ1n) is 11.4. The van der Waals surface area contributed by atoms with Crippen LogP contribution in [0.25, 0.3) is 0 Å². The number of amides is 1. The molecule has 30 heavy (non-hydrogen) atoms. The van der Waals surface area contributed by atoms with Gasteiger partial charge in [-0.2, -0.15) is 0 Å². The number of benzene rings is 2. The van der Waals surface area contributed by atoms with E-state index in [4.69, 9.17) is 0 Å². The number of nitrogens with one attached hydrogen (secondary N) is 2. The third-order valence-corrected chi connectivity index (χ3v) is 7.22. The van der Waals surface area contributed by atoms with E-state index in [1.54, 1.807) is 11.8 Å². The number of carbonyl (C=O) groups is 1. The van der Waals surface area contributed by atoms with Crippen molar-refractivity contribution in [1.29, 1.82) is 0 Å². The van der Waals surface area contributed by atoms with Crippen LogP contribution in [0.1, 0.15) is 62.7 Å². The van der Waals surface area contributed by atoms with Gasteiger partial charge in [0.05, 0.1) is 11.4 Å². The van der Waals surface area contributed by atoms with Crippen LogP contribution in [0.5, 0.6) is 0 Å². The Morgan fingerprint density at radius 3 is 2.87 bits per heavy atom. The van der Waals surface area contributed by atoms with Gasteiger partial charge in [0.1, 0.15) is 0 Å². The molecule has 2 N–H and O–H groups in total. The molecule has 5 heteroatoms. The molecule has 2 aromatic carbocycles. The van der Waals surface area contributed by atoms with Crippen molar-refractivity contribution in [2.45, 2.75) is 74.2 Å². The van der Waals surface area contributed by atoms with E-state index in [2.05, 4.69) is 65.8 Å². The van der Waals surface area contributed by atoms with Crippen molar-refractivity contribution in [2.75, 3.05) is 18.0 Å². The number of rotatable bonds is 6. The second kappa shape index (κ2) is 9.88. The monoisotopic (exact) mass is 423 g/mol. The molecule has 4 rings (SSSR count). The smallest absolute Gasteiger partial charge is 0.251 e. The first-order valence-corrected chi connectivity index (χ1v) is 12.2. The highest BCUT2D eigenvalue weighted by atomic mass is 32.2. The quantitative estimate of drug-likeness (QED) is 0.622. The topological polar surface area (TPSA) is 44.4 Å². The summed E-state index contributed by atoms with van der Waals surface area (Å²) in [6.45, 7) is 6.24. The van der Waals surface area contributed by atoms with Crippen LogP contribution in [0.2, 0.25) is 0 Å². The second-order valence-electron chi connectivity index (χ2n) is 8.46. The lowest BCUT2D eigenvalue weighted by Crippen LogP contribution is -2.38. The lowest BCUT2D eigenvalue weighted by Gasteiger charge is -2.39. The van der Waals surface area contributed by atoms with Crippen LogP contribution in [0.15, 0.2) is 52.3 Å². The Labute approximate surface area is 184 Å². The number of hydrogen-bond donors (Lipinski definition) is 2. The number of nitrogens with zero attached hydrogens (tertiary/aromatic N) is 1. The summed E-state index contributed by atoms with van der Waals surface area (Å²) in [5.41, 5.74) is 3.15. The summed E-state index contributed by atoms with van der Waals surface area (Å²) in [6.07, 6.45) is 7.23. The Balaban J connectivity index is 1.65. The molecule has 160 valence electrons. The summed E-state index contributed by atoms with van der Waals surface area (Å²) in [7, 11) is 0. The molecule has 2 aromatic rings. The van der Waals surface area contributed by atoms with Crippen LogP contribution < -0.4 is 15.5 Å². The minimum Gasteiger partial charge on any atom is -0.352 e. The third kappa shape index (κ3) is 4.68. The Morgan fingerprint density at radius 1 is 1.17 bits per heavy atom. The van der Waals surface area contributed by atoms with Crippen LogP contribution in [-0.4, -0.2) is 31.1 Å². The number of para-hydroxylation sites is 1. The molecule has 0 radical (unpaired) electrons. The molecule has 0 aliphatic carbocycles. The fraction of sp³-hybridized carbons (Fsp3) is 0.480. The molecule has 1 amide bonds. The Morgan fingerprint density at radius 2 is 2.00 bits per heavy atom. The zero-order valence-corrected chi connectivity index (χ0v) is 18.9. The molecule has 1 unspecified atom stereocenters. The molecule has 0 aromatic heterocycles. The van der Waals surface area contributed by atoms with Crippen molar-refractivity contribution in [2.24, 2.45) is 0 Å². The third-order valence-electron chi connectivity index (χ3n) is 6.09. The lowest BCUT2D eigenvalue weighted by atomic mass is 10.0. The molecule has 2 atom stereocenters. The van der Waals surface area contributed by atoms with E-state index in [9.17, 15) is 4.79 Å². The van der Waals surface area contributed by atoms with E-state index in [0.717, 1.165) is 30.6 Å². The molecule has 0 saturated carbocycles. The number of fused-ring (bicyclic) bond motifs is 2. The highest BCUT2D eigenvalue weighted by molar-refractivity contribution is 7.99. The van der Waals surface area contributed by atoms with Crippen molar-refractivity contribution < 1.29 is 4.79 Å². The van der Waals surface area contributed by atoms with Gasteiger partial charge in [-0.15, -0.1) is 0 Å². The largest absolute Gasteiger partial charge is 0.352 e. The van der Waals surface area contributed by atoms with Crippen LogP contribution in [-0.2, 0) is 0 Å². The van der Waals surface area contributed by atoms with Crippen molar-refractivity contribution in [3.05, 3.63) is 48.0 Å². The molecule has 0 spiro atoms. The summed E-state index contributed by atoms with van der Waals surface area (Å²) >= 11 is 1.80. The van der Waals surface area contributed by atoms with Gasteiger partial charge in [0, 0.05) is 34.0 Å². The van der Waals surface area contributed by atoms with Gasteiger partial charge in [-0.1, -0.05) is 43.7 Å². The first-order chi connectivity index (χ1) is 14.7. The average Bonchev–Trinajstić information content (AvgIpc) is 3.03. The van der Waals surface area contributed by atoms with Gasteiger partial charge in [-0.05, 0) is 69.5 Å². The van der Waals surface area contributed by atoms with E-state index in [0.29, 0.717) is 18.6 Å². The fourth-order valence-corrected chi connectivity index (χ4v) is 5.61. The van der Waals surface area contributed by atoms with Gasteiger partial charge in [0.25, 0.3) is 5.91 Å². The SMILES string of the molecule is CCCNC(=O)c1ccc2c(c1)N([C@H](C)CC1CCCCCN1)c1ccccc1S2. The minimum atomic E-state index is 0.0153. The minimum absolute atomic E-state index is 0.0153. The van der Waals surface area contributed by atoms with Gasteiger partial charge in [0.2, 0.25) is 0 Å². The highest BCUT2D eigenvalue weighted by Gasteiger charge is 2.29. The average molecular weight is 424 g/mol. The molecule has 1 saturated heterocycles. The Kier molecular flexibility index (Phi) is 7.00. The fourth-order valence-electron chi connectivity index (χ4n) is 4.56. The van der Waals surface area contributed by atoms with Crippen molar-refractivity contribution in [3.63, 3.8) is 0 Å². The summed E-state index contributed by atoms with van der Waals surface area (Å²) < 4.78 is 0. The maximum absolute atomic E-state index is 12.6. The molecule has 0 bridgehead atoms. The van der Waals surface area contributed by atoms with Gasteiger partial charge in [-0.3, -0.25) is 4.79 Å². The summed E-state index contributed by atoms with van der Waals surface area (Å²) in [5.74, 6) is 0.0153. The first kappa shape index (κ1) is 21.3. The van der Waals surface area contributed by atoms with Crippen molar-refractivity contribution >= 4 is 29.0 Å². The number of anilines is 2. The standard InChI is InChI=1S/C25H33N3OS/c1-3-14-27-25(29)19-12-13-24-22(17-19)28(21-10-6-7-11-23(21)30-24)18(2)16-20-9-5-4-8-15-26-20/h6-7,10-13,17-18,20,26H,3-5,8-9,14-16H2,1-2H3,(H,27,29)/t18-,20?/m1/s1. The molecule has 1 fully saturated rings. The number of hydrogen-bond acceptors (Lipinski definition) is 4. The zero-order chi connectivity index (χ0) is 20.9. The molecule has 2 aliphatic rings. The normalized spacial score (nSPS) is 19.4. The van der Waals surface area contributed by atoms with Gasteiger partial charge in [-0.25, -0.2) is 0 Å². The van der Waals surface area contributed by atoms with Crippen molar-refractivity contribution in [1.82, 2.24) is 10.6 Å². The van der Waals surface area contributed by atoms with E-state index >= 15 is 0 Å². The predicted octanol–water partition coefficient (Wildman–Crippen LogP) is 5.74. The lowest BCUT2D eigenvalue weighted by molar-refractivity contribution is 0.0953. The highest BCUT2D eigenvalue weighted by Crippen LogP contribution is 2.49. The van der Waals surface area contributed by atoms with E-state index in [1.165, 1.54) is 41.2 Å². The summed E-state index contributed by atoms with van der Waals surface area (Å²) in [5, 5.41) is 6.77. The predicted molar refractivity (Wildman–Crippen MR) is 126 cm³/mol. The maximum atomic E-state index is 12.6. The summed E-state index contributed by atoms with van der Waals surface area (Å²) in [4.78, 5) is 17.6. The van der Waals surface area contributed by atoms with Gasteiger partial charge >= 0.3 is 0 Å². The van der Waals surface area contributed by atoms with E-state index in [1.807, 2.05) is 6.07 Å². The van der Waals surface area contributed by atoms with Crippen LogP contribution in [0.4, 0.5) is 11.4 Å². The van der Waals surface area contributed by atoms with E-state index in [-0.39, 0.29) is 5.91 Å². The summed E-state index contributed by atoms with van der Waals surface area (Å²) in [6, 6.07) is 15.7. The maximum Gasteiger partial charge on any atom is 0.251 e. The molecule has 2 aliphatic heterocycles. The van der Waals surface area contributed by atoms with Crippen molar-refractivity contribution in [3.8, 4) is 0 Å². The molecule has 2 heterocycles. The van der Waals surface area contributed by atoms with Crippen LogP contribution in [0, 0.1) is 0 Å². The Hall–Kier alpha value is -1.98. The van der Waals surface area contributed by atoms with Crippen LogP contribution >= 0.6 is 11.8 Å². The number of carbonyl (C=O) groups excluding carboxylic acids is 1. The molecular weight excluding hydrogens is 390 g/mol. The van der Waals surface area contributed by atoms with E-state index < -0.39 is 0 Å². The van der Waals surface area contributed by atoms with Gasteiger partial charge in [0.15, 0.2) is 0 Å². The molecule has 4 nitrogen and oxygen atoms in total. The van der Waals surface area contributed by atoms with Gasteiger partial charge < -0.3 is 15.5 Å².